The maximum Gasteiger partial charge on any atom is 0.373 e. The van der Waals surface area contributed by atoms with Gasteiger partial charge in [0.05, 0.1) is 30.9 Å². The van der Waals surface area contributed by atoms with Gasteiger partial charge in [0.1, 0.15) is 6.29 Å². The number of ether oxygens (including phenoxy) is 1. The molecule has 0 heterocycles. The number of nitrogens with zero attached hydrogens (tertiary/aromatic N) is 1. The Morgan fingerprint density at radius 1 is 1.06 bits per heavy atom. The number of esters is 1. The molecule has 2 rings (SSSR count). The Bertz CT molecular complexity index is 926. The number of hydrogen-bond acceptors (Lipinski definition) is 7. The number of aldehydes is 1. The second kappa shape index (κ2) is 15.3. The second-order valence-corrected chi connectivity index (χ2v) is 7.22. The van der Waals surface area contributed by atoms with Crippen molar-refractivity contribution in [3.05, 3.63) is 96.2 Å². The standard InChI is InChI=1S/C12H17N.C10H10O5.C4H6O/c1-5-11-7-6-9-12(2,10-8-11)13(3)4;1-13-9(11)7-5-3-4-6-8(7)10(12)15-14-2;1-4(2)3-5/h5-10H,1H2,2-4H3;3-6H,1-2H3;3H,1H2,2H3. The minimum atomic E-state index is -0.738. The average molecular weight is 456 g/mol. The Balaban J connectivity index is 0.000000520. The van der Waals surface area contributed by atoms with Crippen LogP contribution in [0.2, 0.25) is 0 Å². The molecule has 1 aliphatic carbocycles. The van der Waals surface area contributed by atoms with Crippen molar-refractivity contribution in [1.29, 1.82) is 0 Å². The van der Waals surface area contributed by atoms with Crippen molar-refractivity contribution in [2.24, 2.45) is 0 Å². The first-order valence-electron chi connectivity index (χ1n) is 9.97. The van der Waals surface area contributed by atoms with Gasteiger partial charge in [0.25, 0.3) is 0 Å². The predicted octanol–water partition coefficient (Wildman–Crippen LogP) is 4.50. The molecule has 0 saturated carbocycles. The van der Waals surface area contributed by atoms with Crippen LogP contribution in [0.4, 0.5) is 0 Å². The third kappa shape index (κ3) is 10.5. The van der Waals surface area contributed by atoms with Gasteiger partial charge in [-0.25, -0.2) is 9.59 Å². The molecule has 0 amide bonds. The van der Waals surface area contributed by atoms with Gasteiger partial charge in [-0.1, -0.05) is 61.7 Å². The van der Waals surface area contributed by atoms with E-state index in [-0.39, 0.29) is 16.7 Å². The first-order valence-corrected chi connectivity index (χ1v) is 9.97. The third-order valence-corrected chi connectivity index (χ3v) is 4.45. The highest BCUT2D eigenvalue weighted by Gasteiger charge is 2.20. The number of methoxy groups -OCH3 is 1. The molecule has 1 atom stereocenters. The first-order chi connectivity index (χ1) is 15.6. The van der Waals surface area contributed by atoms with E-state index in [4.69, 9.17) is 0 Å². The van der Waals surface area contributed by atoms with E-state index >= 15 is 0 Å². The topological polar surface area (TPSA) is 82.1 Å². The molecule has 0 N–H and O–H groups in total. The summed E-state index contributed by atoms with van der Waals surface area (Å²) in [6.45, 7) is 10.9. The van der Waals surface area contributed by atoms with E-state index in [0.29, 0.717) is 5.57 Å². The fourth-order valence-electron chi connectivity index (χ4n) is 2.23. The molecular formula is C26H33NO6. The van der Waals surface area contributed by atoms with Crippen LogP contribution in [0.5, 0.6) is 0 Å². The molecule has 0 aliphatic heterocycles. The summed E-state index contributed by atoms with van der Waals surface area (Å²) in [6, 6.07) is 6.15. The van der Waals surface area contributed by atoms with Crippen LogP contribution < -0.4 is 0 Å². The molecule has 0 aromatic heterocycles. The Labute approximate surface area is 196 Å². The minimum absolute atomic E-state index is 0.0151. The number of allylic oxidation sites excluding steroid dienone is 6. The molecule has 1 unspecified atom stereocenters. The summed E-state index contributed by atoms with van der Waals surface area (Å²) in [5.74, 6) is -1.34. The lowest BCUT2D eigenvalue weighted by Crippen LogP contribution is -2.37. The maximum atomic E-state index is 11.3. The van der Waals surface area contributed by atoms with Crippen LogP contribution in [0.15, 0.2) is 85.0 Å². The monoisotopic (exact) mass is 455 g/mol. The van der Waals surface area contributed by atoms with E-state index in [1.165, 1.54) is 26.4 Å². The molecule has 1 aliphatic rings. The summed E-state index contributed by atoms with van der Waals surface area (Å²) < 4.78 is 4.52. The lowest BCUT2D eigenvalue weighted by Gasteiger charge is -2.29. The van der Waals surface area contributed by atoms with Crippen molar-refractivity contribution >= 4 is 18.2 Å². The summed E-state index contributed by atoms with van der Waals surface area (Å²) in [5.41, 5.74) is 1.99. The minimum Gasteiger partial charge on any atom is -0.465 e. The van der Waals surface area contributed by atoms with Gasteiger partial charge in [-0.05, 0) is 51.2 Å². The van der Waals surface area contributed by atoms with Gasteiger partial charge in [0.2, 0.25) is 0 Å². The van der Waals surface area contributed by atoms with Crippen molar-refractivity contribution in [3.63, 3.8) is 0 Å². The normalized spacial score (nSPS) is 16.0. The zero-order valence-corrected chi connectivity index (χ0v) is 20.2. The molecule has 7 heteroatoms. The zero-order valence-electron chi connectivity index (χ0n) is 20.2. The van der Waals surface area contributed by atoms with Gasteiger partial charge in [0, 0.05) is 0 Å². The fourth-order valence-corrected chi connectivity index (χ4v) is 2.23. The molecule has 0 bridgehead atoms. The smallest absolute Gasteiger partial charge is 0.373 e. The number of likely N-dealkylation sites (N-methyl/N-ethyl adjacent to an activating group) is 1. The van der Waals surface area contributed by atoms with Crippen molar-refractivity contribution in [1.82, 2.24) is 4.90 Å². The summed E-state index contributed by atoms with van der Waals surface area (Å²) in [7, 11) is 6.60. The number of benzene rings is 1. The Morgan fingerprint density at radius 3 is 2.03 bits per heavy atom. The molecule has 0 radical (unpaired) electrons. The SMILES string of the molecule is C=C(C)C=O.C=CC1=CC=CC(C)(N(C)C)C=C1.COOC(=O)c1ccccc1C(=O)OC. The van der Waals surface area contributed by atoms with Crippen LogP contribution in [0.3, 0.4) is 0 Å². The van der Waals surface area contributed by atoms with Crippen LogP contribution in [0.25, 0.3) is 0 Å². The van der Waals surface area contributed by atoms with Crippen LogP contribution in [0, 0.1) is 0 Å². The highest BCUT2D eigenvalue weighted by Crippen LogP contribution is 2.19. The Kier molecular flexibility index (Phi) is 13.6. The second-order valence-electron chi connectivity index (χ2n) is 7.22. The van der Waals surface area contributed by atoms with Crippen molar-refractivity contribution in [2.45, 2.75) is 19.4 Å². The summed E-state index contributed by atoms with van der Waals surface area (Å²) in [5, 5.41) is 0. The zero-order chi connectivity index (χ0) is 25.4. The molecule has 0 fully saturated rings. The van der Waals surface area contributed by atoms with Crippen LogP contribution in [-0.2, 0) is 19.3 Å². The van der Waals surface area contributed by atoms with Gasteiger partial charge in [0.15, 0.2) is 0 Å². The quantitative estimate of drug-likeness (QED) is 0.205. The van der Waals surface area contributed by atoms with Crippen LogP contribution >= 0.6 is 0 Å². The summed E-state index contributed by atoms with van der Waals surface area (Å²) in [4.78, 5) is 42.7. The van der Waals surface area contributed by atoms with E-state index in [1.54, 1.807) is 19.1 Å². The number of carbonyl (C=O) groups is 3. The van der Waals surface area contributed by atoms with Crippen LogP contribution in [0.1, 0.15) is 34.6 Å². The van der Waals surface area contributed by atoms with Crippen LogP contribution in [-0.4, -0.2) is 57.0 Å². The Hall–Kier alpha value is -3.55. The van der Waals surface area contributed by atoms with E-state index in [0.717, 1.165) is 11.9 Å². The first kappa shape index (κ1) is 29.5. The van der Waals surface area contributed by atoms with E-state index in [2.05, 4.69) is 84.0 Å². The highest BCUT2D eigenvalue weighted by atomic mass is 17.2. The van der Waals surface area contributed by atoms with E-state index in [1.807, 2.05) is 6.08 Å². The number of rotatable bonds is 6. The molecule has 0 saturated heterocycles. The lowest BCUT2D eigenvalue weighted by molar-refractivity contribution is -0.216. The van der Waals surface area contributed by atoms with Gasteiger partial charge in [-0.15, -0.1) is 0 Å². The average Bonchev–Trinajstić information content (AvgIpc) is 3.01. The molecule has 1 aromatic rings. The molecule has 7 nitrogen and oxygen atoms in total. The van der Waals surface area contributed by atoms with Crippen molar-refractivity contribution in [3.8, 4) is 0 Å². The van der Waals surface area contributed by atoms with Gasteiger partial charge in [-0.2, -0.15) is 4.89 Å². The molecule has 178 valence electrons. The number of hydrogen-bond donors (Lipinski definition) is 0. The van der Waals surface area contributed by atoms with Gasteiger partial charge in [-0.3, -0.25) is 14.6 Å². The third-order valence-electron chi connectivity index (χ3n) is 4.45. The summed E-state index contributed by atoms with van der Waals surface area (Å²) in [6.07, 6.45) is 13.2. The maximum absolute atomic E-state index is 11.3. The predicted molar refractivity (Wildman–Crippen MR) is 130 cm³/mol. The van der Waals surface area contributed by atoms with Crippen molar-refractivity contribution in [2.75, 3.05) is 28.3 Å². The summed E-state index contributed by atoms with van der Waals surface area (Å²) >= 11 is 0. The lowest BCUT2D eigenvalue weighted by atomic mass is 10.0. The van der Waals surface area contributed by atoms with E-state index in [9.17, 15) is 14.4 Å². The van der Waals surface area contributed by atoms with Gasteiger partial charge >= 0.3 is 11.9 Å². The molecule has 33 heavy (non-hydrogen) atoms. The molecular weight excluding hydrogens is 422 g/mol. The number of carbonyl (C=O) groups excluding carboxylic acids is 3. The molecule has 1 aromatic carbocycles. The highest BCUT2D eigenvalue weighted by molar-refractivity contribution is 6.02. The largest absolute Gasteiger partial charge is 0.465 e. The fraction of sp³-hybridized carbons (Fsp3) is 0.269. The van der Waals surface area contributed by atoms with Gasteiger partial charge < -0.3 is 4.74 Å². The Morgan fingerprint density at radius 2 is 1.61 bits per heavy atom. The molecule has 0 spiro atoms. The van der Waals surface area contributed by atoms with E-state index < -0.39 is 11.9 Å². The van der Waals surface area contributed by atoms with Crippen molar-refractivity contribution < 1.29 is 28.9 Å².